The third-order valence-corrected chi connectivity index (χ3v) is 2.70. The van der Waals surface area contributed by atoms with Crippen molar-refractivity contribution in [3.05, 3.63) is 34.9 Å². The third-order valence-electron chi connectivity index (χ3n) is 2.70. The molecule has 0 aliphatic rings. The molecule has 0 heterocycles. The van der Waals surface area contributed by atoms with Gasteiger partial charge >= 0.3 is 11.9 Å². The van der Waals surface area contributed by atoms with Crippen LogP contribution in [0.4, 0.5) is 0 Å². The Balaban J connectivity index is 2.86. The maximum Gasteiger partial charge on any atom is 0.338 e. The van der Waals surface area contributed by atoms with Crippen LogP contribution < -0.4 is 0 Å². The highest BCUT2D eigenvalue weighted by molar-refractivity contribution is 5.91. The summed E-state index contributed by atoms with van der Waals surface area (Å²) in [5, 5.41) is 0. The highest BCUT2D eigenvalue weighted by atomic mass is 16.5. The summed E-state index contributed by atoms with van der Waals surface area (Å²) >= 11 is 0. The van der Waals surface area contributed by atoms with Crippen molar-refractivity contribution in [2.24, 2.45) is 0 Å². The average molecular weight is 250 g/mol. The quantitative estimate of drug-likeness (QED) is 0.752. The molecule has 0 saturated heterocycles. The molecule has 1 aromatic rings. The van der Waals surface area contributed by atoms with Crippen LogP contribution in [0.25, 0.3) is 0 Å². The monoisotopic (exact) mass is 250 g/mol. The minimum atomic E-state index is -0.377. The fourth-order valence-corrected chi connectivity index (χ4v) is 1.80. The summed E-state index contributed by atoms with van der Waals surface area (Å²) in [5.74, 6) is -0.630. The topological polar surface area (TPSA) is 52.6 Å². The number of rotatable bonds is 5. The van der Waals surface area contributed by atoms with Crippen molar-refractivity contribution in [3.63, 3.8) is 0 Å². The van der Waals surface area contributed by atoms with E-state index in [1.807, 2.05) is 13.0 Å². The van der Waals surface area contributed by atoms with E-state index in [1.165, 1.54) is 7.11 Å². The maximum absolute atomic E-state index is 11.6. The number of carbonyl (C=O) groups is 2. The fourth-order valence-electron chi connectivity index (χ4n) is 1.80. The summed E-state index contributed by atoms with van der Waals surface area (Å²) in [7, 11) is 1.35. The van der Waals surface area contributed by atoms with Gasteiger partial charge in [-0.2, -0.15) is 0 Å². The van der Waals surface area contributed by atoms with Gasteiger partial charge in [0, 0.05) is 6.42 Å². The molecule has 18 heavy (non-hydrogen) atoms. The van der Waals surface area contributed by atoms with Crippen molar-refractivity contribution in [2.45, 2.75) is 26.7 Å². The molecule has 0 amide bonds. The SMILES string of the molecule is CCOC(=O)CCc1c(C)cccc1C(=O)OC. The molecular weight excluding hydrogens is 232 g/mol. The predicted octanol–water partition coefficient (Wildman–Crippen LogP) is 2.28. The first-order valence-electron chi connectivity index (χ1n) is 5.92. The van der Waals surface area contributed by atoms with E-state index >= 15 is 0 Å². The van der Waals surface area contributed by atoms with E-state index in [4.69, 9.17) is 9.47 Å². The van der Waals surface area contributed by atoms with Crippen LogP contribution in [-0.4, -0.2) is 25.7 Å². The average Bonchev–Trinajstić information content (AvgIpc) is 2.36. The number of methoxy groups -OCH3 is 1. The van der Waals surface area contributed by atoms with Crippen molar-refractivity contribution in [1.29, 1.82) is 0 Å². The summed E-state index contributed by atoms with van der Waals surface area (Å²) in [6.45, 7) is 4.05. The van der Waals surface area contributed by atoms with Crippen LogP contribution in [0.5, 0.6) is 0 Å². The summed E-state index contributed by atoms with van der Waals surface area (Å²) < 4.78 is 9.61. The zero-order valence-electron chi connectivity index (χ0n) is 11.0. The second kappa shape index (κ2) is 6.79. The van der Waals surface area contributed by atoms with Crippen molar-refractivity contribution in [1.82, 2.24) is 0 Å². The van der Waals surface area contributed by atoms with Crippen LogP contribution in [0, 0.1) is 6.92 Å². The Morgan fingerprint density at radius 3 is 2.61 bits per heavy atom. The number of aryl methyl sites for hydroxylation is 1. The van der Waals surface area contributed by atoms with E-state index in [1.54, 1.807) is 19.1 Å². The molecule has 0 saturated carbocycles. The Bertz CT molecular complexity index is 437. The Labute approximate surface area is 107 Å². The Morgan fingerprint density at radius 2 is 2.00 bits per heavy atom. The van der Waals surface area contributed by atoms with Gasteiger partial charge in [0.25, 0.3) is 0 Å². The van der Waals surface area contributed by atoms with Gasteiger partial charge < -0.3 is 9.47 Å². The molecule has 0 aromatic heterocycles. The molecule has 0 aliphatic heterocycles. The molecule has 0 atom stereocenters. The second-order valence-corrected chi connectivity index (χ2v) is 3.90. The first-order valence-corrected chi connectivity index (χ1v) is 5.92. The van der Waals surface area contributed by atoms with Crippen molar-refractivity contribution in [3.8, 4) is 0 Å². The first kappa shape index (κ1) is 14.2. The number of carbonyl (C=O) groups excluding carboxylic acids is 2. The number of esters is 2. The fraction of sp³-hybridized carbons (Fsp3) is 0.429. The molecule has 4 nitrogen and oxygen atoms in total. The number of hydrogen-bond acceptors (Lipinski definition) is 4. The number of benzene rings is 1. The van der Waals surface area contributed by atoms with Crippen LogP contribution in [0.1, 0.15) is 34.8 Å². The third kappa shape index (κ3) is 3.58. The van der Waals surface area contributed by atoms with Gasteiger partial charge in [0.1, 0.15) is 0 Å². The van der Waals surface area contributed by atoms with Gasteiger partial charge in [0.2, 0.25) is 0 Å². The predicted molar refractivity (Wildman–Crippen MR) is 67.5 cm³/mol. The lowest BCUT2D eigenvalue weighted by atomic mass is 9.98. The maximum atomic E-state index is 11.6. The number of hydrogen-bond donors (Lipinski definition) is 0. The highest BCUT2D eigenvalue weighted by Crippen LogP contribution is 2.17. The first-order chi connectivity index (χ1) is 8.60. The van der Waals surface area contributed by atoms with Gasteiger partial charge in [0.15, 0.2) is 0 Å². The smallest absolute Gasteiger partial charge is 0.338 e. The molecule has 98 valence electrons. The lowest BCUT2D eigenvalue weighted by molar-refractivity contribution is -0.143. The summed E-state index contributed by atoms with van der Waals surface area (Å²) in [6.07, 6.45) is 0.749. The van der Waals surface area contributed by atoms with Crippen LogP contribution >= 0.6 is 0 Å². The van der Waals surface area contributed by atoms with Crippen molar-refractivity contribution < 1.29 is 19.1 Å². The lowest BCUT2D eigenvalue weighted by Gasteiger charge is -2.10. The normalized spacial score (nSPS) is 9.94. The zero-order chi connectivity index (χ0) is 13.5. The molecule has 4 heteroatoms. The largest absolute Gasteiger partial charge is 0.466 e. The summed E-state index contributed by atoms with van der Waals surface area (Å²) in [4.78, 5) is 23.0. The molecule has 0 bridgehead atoms. The van der Waals surface area contributed by atoms with Gasteiger partial charge in [-0.15, -0.1) is 0 Å². The van der Waals surface area contributed by atoms with Crippen LogP contribution in [0.15, 0.2) is 18.2 Å². The van der Waals surface area contributed by atoms with E-state index in [-0.39, 0.29) is 18.4 Å². The van der Waals surface area contributed by atoms with E-state index in [0.29, 0.717) is 18.6 Å². The summed E-state index contributed by atoms with van der Waals surface area (Å²) in [5.41, 5.74) is 2.33. The molecule has 0 unspecified atom stereocenters. The molecule has 0 fully saturated rings. The molecule has 0 aliphatic carbocycles. The lowest BCUT2D eigenvalue weighted by Crippen LogP contribution is -2.10. The van der Waals surface area contributed by atoms with Gasteiger partial charge in [-0.05, 0) is 37.5 Å². The molecule has 1 rings (SSSR count). The Hall–Kier alpha value is -1.84. The van der Waals surface area contributed by atoms with Crippen LogP contribution in [0.2, 0.25) is 0 Å². The molecule has 1 aromatic carbocycles. The molecular formula is C14H18O4. The summed E-state index contributed by atoms with van der Waals surface area (Å²) in [6, 6.07) is 5.42. The molecule has 0 N–H and O–H groups in total. The van der Waals surface area contributed by atoms with E-state index in [0.717, 1.165) is 11.1 Å². The van der Waals surface area contributed by atoms with Crippen LogP contribution in [0.3, 0.4) is 0 Å². The highest BCUT2D eigenvalue weighted by Gasteiger charge is 2.14. The van der Waals surface area contributed by atoms with E-state index < -0.39 is 0 Å². The Morgan fingerprint density at radius 1 is 1.28 bits per heavy atom. The second-order valence-electron chi connectivity index (χ2n) is 3.90. The minimum Gasteiger partial charge on any atom is -0.466 e. The molecule has 0 spiro atoms. The van der Waals surface area contributed by atoms with Gasteiger partial charge in [-0.1, -0.05) is 12.1 Å². The van der Waals surface area contributed by atoms with E-state index in [2.05, 4.69) is 0 Å². The van der Waals surface area contributed by atoms with Crippen LogP contribution in [-0.2, 0) is 20.7 Å². The number of ether oxygens (including phenoxy) is 2. The standard InChI is InChI=1S/C14H18O4/c1-4-18-13(15)9-8-11-10(2)6-5-7-12(11)14(16)17-3/h5-7H,4,8-9H2,1-3H3. The van der Waals surface area contributed by atoms with Crippen molar-refractivity contribution >= 4 is 11.9 Å². The van der Waals surface area contributed by atoms with Crippen molar-refractivity contribution in [2.75, 3.05) is 13.7 Å². The zero-order valence-corrected chi connectivity index (χ0v) is 11.0. The van der Waals surface area contributed by atoms with E-state index in [9.17, 15) is 9.59 Å². The minimum absolute atomic E-state index is 0.253. The van der Waals surface area contributed by atoms with Gasteiger partial charge in [-0.25, -0.2) is 4.79 Å². The van der Waals surface area contributed by atoms with Gasteiger partial charge in [-0.3, -0.25) is 4.79 Å². The Kier molecular flexibility index (Phi) is 5.36. The molecule has 0 radical (unpaired) electrons. The van der Waals surface area contributed by atoms with Gasteiger partial charge in [0.05, 0.1) is 19.3 Å².